The van der Waals surface area contributed by atoms with E-state index in [0.717, 1.165) is 12.1 Å². The third-order valence-electron chi connectivity index (χ3n) is 1.51. The van der Waals surface area contributed by atoms with Crippen LogP contribution in [0.25, 0.3) is 0 Å². The molecule has 0 spiro atoms. The van der Waals surface area contributed by atoms with E-state index < -0.39 is 11.2 Å². The first kappa shape index (κ1) is 10.7. The van der Waals surface area contributed by atoms with Crippen molar-refractivity contribution in [3.05, 3.63) is 29.6 Å². The summed E-state index contributed by atoms with van der Waals surface area (Å²) in [5.74, 6) is -1.11. The van der Waals surface area contributed by atoms with Crippen LogP contribution in [0.3, 0.4) is 0 Å². The molecule has 0 aromatic heterocycles. The zero-order valence-electron chi connectivity index (χ0n) is 7.21. The predicted molar refractivity (Wildman–Crippen MR) is 48.3 cm³/mol. The van der Waals surface area contributed by atoms with Crippen LogP contribution < -0.4 is 4.74 Å². The van der Waals surface area contributed by atoms with Gasteiger partial charge in [-0.1, -0.05) is 0 Å². The highest BCUT2D eigenvalue weighted by atomic mass is 35.5. The van der Waals surface area contributed by atoms with Crippen molar-refractivity contribution in [3.8, 4) is 5.75 Å². The monoisotopic (exact) mass is 216 g/mol. The minimum atomic E-state index is -1.11. The van der Waals surface area contributed by atoms with Crippen LogP contribution in [0.5, 0.6) is 5.75 Å². The van der Waals surface area contributed by atoms with Crippen molar-refractivity contribution in [1.82, 2.24) is 0 Å². The van der Waals surface area contributed by atoms with Crippen LogP contribution in [0.2, 0.25) is 0 Å². The maximum Gasteiger partial charge on any atom is 0.409 e. The quantitative estimate of drug-likeness (QED) is 0.564. The zero-order valence-corrected chi connectivity index (χ0v) is 7.97. The Hall–Kier alpha value is -1.42. The average Bonchev–Trinajstić information content (AvgIpc) is 2.01. The maximum absolute atomic E-state index is 12.7. The van der Waals surface area contributed by atoms with Crippen LogP contribution in [-0.4, -0.2) is 11.2 Å². The second-order valence-electron chi connectivity index (χ2n) is 2.54. The van der Waals surface area contributed by atoms with E-state index >= 15 is 0 Å². The molecule has 0 aliphatic heterocycles. The smallest absolute Gasteiger partial charge is 0.409 e. The van der Waals surface area contributed by atoms with Gasteiger partial charge in [0.2, 0.25) is 0 Å². The van der Waals surface area contributed by atoms with E-state index in [9.17, 15) is 14.0 Å². The van der Waals surface area contributed by atoms with Crippen molar-refractivity contribution in [2.24, 2.45) is 0 Å². The lowest BCUT2D eigenvalue weighted by atomic mass is 10.1. The summed E-state index contributed by atoms with van der Waals surface area (Å²) in [6.45, 7) is 1.28. The van der Waals surface area contributed by atoms with Gasteiger partial charge < -0.3 is 4.74 Å². The molecule has 3 nitrogen and oxygen atoms in total. The SMILES string of the molecule is CC(=O)c1ccc(F)cc1OC(=O)Cl. The highest BCUT2D eigenvalue weighted by molar-refractivity contribution is 6.61. The molecule has 0 bridgehead atoms. The average molecular weight is 217 g/mol. The number of hydrogen-bond donors (Lipinski definition) is 0. The second kappa shape index (κ2) is 4.19. The Balaban J connectivity index is 3.15. The Morgan fingerprint density at radius 3 is 2.57 bits per heavy atom. The van der Waals surface area contributed by atoms with Gasteiger partial charge in [0, 0.05) is 17.7 Å². The van der Waals surface area contributed by atoms with Crippen LogP contribution in [0.1, 0.15) is 17.3 Å². The Labute approximate surface area is 84.4 Å². The van der Waals surface area contributed by atoms with Crippen LogP contribution in [0, 0.1) is 5.82 Å². The van der Waals surface area contributed by atoms with Gasteiger partial charge in [0.1, 0.15) is 11.6 Å². The molecule has 0 aliphatic rings. The first-order valence-corrected chi connectivity index (χ1v) is 4.06. The molecule has 0 saturated carbocycles. The maximum atomic E-state index is 12.7. The van der Waals surface area contributed by atoms with Gasteiger partial charge in [-0.25, -0.2) is 9.18 Å². The highest BCUT2D eigenvalue weighted by Crippen LogP contribution is 2.21. The molecule has 14 heavy (non-hydrogen) atoms. The Morgan fingerprint density at radius 1 is 1.43 bits per heavy atom. The van der Waals surface area contributed by atoms with E-state index in [-0.39, 0.29) is 17.1 Å². The van der Waals surface area contributed by atoms with Crippen LogP contribution in [0.4, 0.5) is 9.18 Å². The molecule has 0 unspecified atom stereocenters. The number of carbonyl (C=O) groups excluding carboxylic acids is 2. The molecule has 0 radical (unpaired) electrons. The Bertz CT molecular complexity index is 390. The highest BCUT2D eigenvalue weighted by Gasteiger charge is 2.11. The second-order valence-corrected chi connectivity index (χ2v) is 2.84. The minimum absolute atomic E-state index is 0.111. The van der Waals surface area contributed by atoms with Crippen molar-refractivity contribution in [3.63, 3.8) is 0 Å². The molecule has 0 amide bonds. The van der Waals surface area contributed by atoms with E-state index in [0.29, 0.717) is 0 Å². The molecular formula is C9H6ClFO3. The molecule has 74 valence electrons. The molecule has 1 aromatic carbocycles. The largest absolute Gasteiger partial charge is 0.414 e. The molecular weight excluding hydrogens is 211 g/mol. The summed E-state index contributed by atoms with van der Waals surface area (Å²) in [7, 11) is 0. The number of benzene rings is 1. The lowest BCUT2D eigenvalue weighted by Gasteiger charge is -2.04. The fourth-order valence-electron chi connectivity index (χ4n) is 0.958. The lowest BCUT2D eigenvalue weighted by molar-refractivity contribution is 0.101. The summed E-state index contributed by atoms with van der Waals surface area (Å²) < 4.78 is 17.2. The fourth-order valence-corrected chi connectivity index (χ4v) is 1.04. The first-order valence-electron chi connectivity index (χ1n) is 3.68. The van der Waals surface area contributed by atoms with Crippen LogP contribution >= 0.6 is 11.6 Å². The molecule has 1 rings (SSSR count). The molecule has 0 heterocycles. The summed E-state index contributed by atoms with van der Waals surface area (Å²) in [5, 5.41) is 0. The van der Waals surface area contributed by atoms with Crippen molar-refractivity contribution >= 4 is 22.8 Å². The van der Waals surface area contributed by atoms with E-state index in [1.807, 2.05) is 0 Å². The van der Waals surface area contributed by atoms with Gasteiger partial charge in [-0.3, -0.25) is 4.79 Å². The topological polar surface area (TPSA) is 43.4 Å². The molecule has 0 fully saturated rings. The molecule has 1 aromatic rings. The summed E-state index contributed by atoms with van der Waals surface area (Å²) >= 11 is 4.95. The summed E-state index contributed by atoms with van der Waals surface area (Å²) in [5.41, 5.74) is -1.00. The van der Waals surface area contributed by atoms with E-state index in [1.54, 1.807) is 0 Å². The van der Waals surface area contributed by atoms with Crippen molar-refractivity contribution in [1.29, 1.82) is 0 Å². The number of halogens is 2. The standard InChI is InChI=1S/C9H6ClFO3/c1-5(12)7-3-2-6(11)4-8(7)14-9(10)13/h2-4H,1H3. The number of hydrogen-bond acceptors (Lipinski definition) is 3. The third-order valence-corrected chi connectivity index (χ3v) is 1.59. The van der Waals surface area contributed by atoms with Gasteiger partial charge in [-0.05, 0) is 19.1 Å². The van der Waals surface area contributed by atoms with Gasteiger partial charge in [0.15, 0.2) is 5.78 Å². The van der Waals surface area contributed by atoms with Crippen molar-refractivity contribution < 1.29 is 18.7 Å². The Kier molecular flexibility index (Phi) is 3.19. The van der Waals surface area contributed by atoms with Gasteiger partial charge in [0.25, 0.3) is 0 Å². The van der Waals surface area contributed by atoms with Gasteiger partial charge in [0.05, 0.1) is 5.56 Å². The number of rotatable bonds is 2. The lowest BCUT2D eigenvalue weighted by Crippen LogP contribution is -2.03. The van der Waals surface area contributed by atoms with E-state index in [1.165, 1.54) is 13.0 Å². The van der Waals surface area contributed by atoms with Gasteiger partial charge in [-0.15, -0.1) is 0 Å². The van der Waals surface area contributed by atoms with Crippen LogP contribution in [0.15, 0.2) is 18.2 Å². The molecule has 0 aliphatic carbocycles. The summed E-state index contributed by atoms with van der Waals surface area (Å²) in [4.78, 5) is 21.4. The Morgan fingerprint density at radius 2 is 2.07 bits per heavy atom. The number of ketones is 1. The normalized spacial score (nSPS) is 9.64. The van der Waals surface area contributed by atoms with E-state index in [4.69, 9.17) is 11.6 Å². The minimum Gasteiger partial charge on any atom is -0.414 e. The van der Waals surface area contributed by atoms with Gasteiger partial charge >= 0.3 is 5.43 Å². The summed E-state index contributed by atoms with van der Waals surface area (Å²) in [6, 6.07) is 3.26. The molecule has 0 saturated heterocycles. The molecule has 0 atom stereocenters. The number of Topliss-reactive ketones (excluding diaryl/α,β-unsaturated/α-hetero) is 1. The van der Waals surface area contributed by atoms with Crippen molar-refractivity contribution in [2.45, 2.75) is 6.92 Å². The predicted octanol–water partition coefficient (Wildman–Crippen LogP) is 2.77. The van der Waals surface area contributed by atoms with Crippen LogP contribution in [-0.2, 0) is 0 Å². The number of ether oxygens (including phenoxy) is 1. The third kappa shape index (κ3) is 2.53. The van der Waals surface area contributed by atoms with E-state index in [2.05, 4.69) is 4.74 Å². The molecule has 5 heteroatoms. The summed E-state index contributed by atoms with van der Waals surface area (Å²) in [6.07, 6.45) is 0. The fraction of sp³-hybridized carbons (Fsp3) is 0.111. The van der Waals surface area contributed by atoms with Crippen molar-refractivity contribution in [2.75, 3.05) is 0 Å². The molecule has 0 N–H and O–H groups in total. The first-order chi connectivity index (χ1) is 6.50. The number of carbonyl (C=O) groups is 2. The van der Waals surface area contributed by atoms with Gasteiger partial charge in [-0.2, -0.15) is 0 Å². The zero-order chi connectivity index (χ0) is 10.7.